The molecule has 4 aromatic rings. The van der Waals surface area contributed by atoms with Gasteiger partial charge in [0.05, 0.1) is 33.5 Å². The van der Waals surface area contributed by atoms with Gasteiger partial charge in [0.1, 0.15) is 17.2 Å². The Morgan fingerprint density at radius 3 is 2.54 bits per heavy atom. The zero-order valence-corrected chi connectivity index (χ0v) is 19.5. The van der Waals surface area contributed by atoms with Crippen molar-refractivity contribution in [2.45, 2.75) is 6.18 Å². The van der Waals surface area contributed by atoms with Crippen LogP contribution in [0.5, 0.6) is 11.5 Å². The number of nitrogens with one attached hydrogen (secondary N) is 2. The fourth-order valence-electron chi connectivity index (χ4n) is 3.26. The van der Waals surface area contributed by atoms with Gasteiger partial charge in [-0.3, -0.25) is 19.8 Å². The number of halogens is 4. The fraction of sp³-hybridized carbons (Fsp3) is 0.0870. The molecule has 0 fully saturated rings. The van der Waals surface area contributed by atoms with Crippen LogP contribution in [-0.4, -0.2) is 25.7 Å². The maximum absolute atomic E-state index is 13.1. The quantitative estimate of drug-likeness (QED) is 0.216. The van der Waals surface area contributed by atoms with Crippen molar-refractivity contribution in [2.24, 2.45) is 7.05 Å². The number of carbonyl (C=O) groups excluding carboxylic acids is 1. The number of pyridine rings is 1. The van der Waals surface area contributed by atoms with E-state index < -0.39 is 33.4 Å². The first-order valence-electron chi connectivity index (χ1n) is 10.4. The van der Waals surface area contributed by atoms with E-state index in [1.54, 1.807) is 36.3 Å². The predicted molar refractivity (Wildman–Crippen MR) is 129 cm³/mol. The number of nitrogens with zero attached hydrogens (tertiary/aromatic N) is 4. The van der Waals surface area contributed by atoms with E-state index in [0.29, 0.717) is 17.5 Å². The molecule has 2 aromatic carbocycles. The molecular formula is C23H16ClF3N6O4. The summed E-state index contributed by atoms with van der Waals surface area (Å²) in [5.74, 6) is 0.457. The number of alkyl halides is 3. The molecule has 0 saturated heterocycles. The maximum atomic E-state index is 13.1. The highest BCUT2D eigenvalue weighted by molar-refractivity contribution is 6.31. The lowest BCUT2D eigenvalue weighted by atomic mass is 10.2. The number of hydrogen-bond donors (Lipinski definition) is 2. The molecule has 37 heavy (non-hydrogen) atoms. The van der Waals surface area contributed by atoms with Gasteiger partial charge in [0.2, 0.25) is 0 Å². The van der Waals surface area contributed by atoms with Crippen molar-refractivity contribution in [3.63, 3.8) is 0 Å². The summed E-state index contributed by atoms with van der Waals surface area (Å²) in [7, 11) is 1.76. The van der Waals surface area contributed by atoms with Crippen molar-refractivity contribution >= 4 is 34.7 Å². The lowest BCUT2D eigenvalue weighted by Crippen LogP contribution is -2.20. The van der Waals surface area contributed by atoms with Crippen LogP contribution in [0.15, 0.2) is 67.1 Å². The van der Waals surface area contributed by atoms with Crippen LogP contribution in [0.2, 0.25) is 5.02 Å². The fourth-order valence-corrected chi connectivity index (χ4v) is 3.48. The third kappa shape index (κ3) is 6.13. The molecule has 4 rings (SSSR count). The standard InChI is InChI=1S/C23H16ClF3N6O4/c1-32-12-13(11-29-32)20-9-16(6-7-28-20)37-15-3-5-19(21(10-15)33(35)36)31-22(34)30-14-2-4-18(24)17(8-14)23(25,26)27/h2-12H,1H3,(H2,30,31,34). The van der Waals surface area contributed by atoms with Crippen molar-refractivity contribution in [1.29, 1.82) is 0 Å². The molecule has 10 nitrogen and oxygen atoms in total. The van der Waals surface area contributed by atoms with Crippen LogP contribution in [0, 0.1) is 10.1 Å². The number of benzene rings is 2. The first-order chi connectivity index (χ1) is 17.5. The molecule has 0 aliphatic rings. The summed E-state index contributed by atoms with van der Waals surface area (Å²) in [4.78, 5) is 27.5. The minimum atomic E-state index is -4.73. The van der Waals surface area contributed by atoms with Crippen molar-refractivity contribution in [2.75, 3.05) is 10.6 Å². The van der Waals surface area contributed by atoms with Gasteiger partial charge in [0.25, 0.3) is 5.69 Å². The van der Waals surface area contributed by atoms with Crippen molar-refractivity contribution < 1.29 is 27.6 Å². The third-order valence-corrected chi connectivity index (χ3v) is 5.24. The van der Waals surface area contributed by atoms with E-state index in [9.17, 15) is 28.1 Å². The van der Waals surface area contributed by atoms with Crippen LogP contribution >= 0.6 is 11.6 Å². The molecule has 0 unspecified atom stereocenters. The molecule has 0 atom stereocenters. The lowest BCUT2D eigenvalue weighted by molar-refractivity contribution is -0.384. The van der Waals surface area contributed by atoms with Crippen LogP contribution in [-0.2, 0) is 13.2 Å². The Balaban J connectivity index is 1.51. The van der Waals surface area contributed by atoms with Crippen LogP contribution in [0.3, 0.4) is 0 Å². The average molecular weight is 533 g/mol. The molecule has 0 bridgehead atoms. The number of nitro benzene ring substituents is 1. The molecular weight excluding hydrogens is 517 g/mol. The number of aryl methyl sites for hydroxylation is 1. The second kappa shape index (κ2) is 10.1. The SMILES string of the molecule is Cn1cc(-c2cc(Oc3ccc(NC(=O)Nc4ccc(Cl)c(C(F)(F)F)c4)c([N+](=O)[O-])c3)ccn2)cn1. The molecule has 0 aliphatic heterocycles. The van der Waals surface area contributed by atoms with E-state index in [2.05, 4.69) is 20.7 Å². The highest BCUT2D eigenvalue weighted by Gasteiger charge is 2.33. The Hall–Kier alpha value is -4.65. The van der Waals surface area contributed by atoms with E-state index >= 15 is 0 Å². The van der Waals surface area contributed by atoms with Crippen LogP contribution < -0.4 is 15.4 Å². The van der Waals surface area contributed by atoms with Gasteiger partial charge in [-0.2, -0.15) is 18.3 Å². The Morgan fingerprint density at radius 2 is 1.86 bits per heavy atom. The van der Waals surface area contributed by atoms with E-state index in [0.717, 1.165) is 23.8 Å². The first-order valence-corrected chi connectivity index (χ1v) is 10.7. The summed E-state index contributed by atoms with van der Waals surface area (Å²) >= 11 is 5.57. The molecule has 190 valence electrons. The Morgan fingerprint density at radius 1 is 1.11 bits per heavy atom. The predicted octanol–water partition coefficient (Wildman–Crippen LogP) is 6.50. The van der Waals surface area contributed by atoms with Gasteiger partial charge >= 0.3 is 12.2 Å². The summed E-state index contributed by atoms with van der Waals surface area (Å²) < 4.78 is 46.5. The lowest BCUT2D eigenvalue weighted by Gasteiger charge is -2.13. The summed E-state index contributed by atoms with van der Waals surface area (Å²) in [5, 5.41) is 19.6. The molecule has 0 saturated carbocycles. The largest absolute Gasteiger partial charge is 0.457 e. The number of aromatic nitrogens is 3. The number of nitro groups is 1. The number of ether oxygens (including phenoxy) is 1. The van der Waals surface area contributed by atoms with Crippen molar-refractivity contribution in [3.05, 3.63) is 87.8 Å². The van der Waals surface area contributed by atoms with Crippen LogP contribution in [0.25, 0.3) is 11.3 Å². The monoisotopic (exact) mass is 532 g/mol. The van der Waals surface area contributed by atoms with E-state index in [1.807, 2.05) is 0 Å². The number of anilines is 2. The van der Waals surface area contributed by atoms with Gasteiger partial charge in [0, 0.05) is 36.8 Å². The number of urea groups is 1. The normalized spacial score (nSPS) is 11.2. The summed E-state index contributed by atoms with van der Waals surface area (Å²) in [5.41, 5.74) is -0.730. The highest BCUT2D eigenvalue weighted by atomic mass is 35.5. The molecule has 0 aliphatic carbocycles. The number of carbonyl (C=O) groups is 1. The molecule has 2 N–H and O–H groups in total. The van der Waals surface area contributed by atoms with E-state index in [-0.39, 0.29) is 17.1 Å². The Kier molecular flexibility index (Phi) is 6.98. The minimum Gasteiger partial charge on any atom is -0.457 e. The maximum Gasteiger partial charge on any atom is 0.417 e. The number of rotatable bonds is 6. The summed E-state index contributed by atoms with van der Waals surface area (Å²) in [6, 6.07) is 8.71. The molecule has 2 amide bonds. The number of amides is 2. The second-order valence-electron chi connectivity index (χ2n) is 7.59. The van der Waals surface area contributed by atoms with E-state index in [4.69, 9.17) is 16.3 Å². The van der Waals surface area contributed by atoms with Crippen molar-refractivity contribution in [3.8, 4) is 22.8 Å². The third-order valence-electron chi connectivity index (χ3n) is 4.91. The molecule has 2 aromatic heterocycles. The average Bonchev–Trinajstić information content (AvgIpc) is 3.27. The smallest absolute Gasteiger partial charge is 0.417 e. The van der Waals surface area contributed by atoms with Crippen LogP contribution in [0.4, 0.5) is 35.0 Å². The van der Waals surface area contributed by atoms with Crippen LogP contribution in [0.1, 0.15) is 5.56 Å². The Bertz CT molecular complexity index is 1490. The van der Waals surface area contributed by atoms with E-state index in [1.165, 1.54) is 18.3 Å². The van der Waals surface area contributed by atoms with Gasteiger partial charge in [-0.05, 0) is 36.4 Å². The highest BCUT2D eigenvalue weighted by Crippen LogP contribution is 2.36. The van der Waals surface area contributed by atoms with Gasteiger partial charge in [0.15, 0.2) is 0 Å². The topological polar surface area (TPSA) is 124 Å². The number of hydrogen-bond acceptors (Lipinski definition) is 6. The zero-order valence-electron chi connectivity index (χ0n) is 18.8. The van der Waals surface area contributed by atoms with Gasteiger partial charge < -0.3 is 15.4 Å². The second-order valence-corrected chi connectivity index (χ2v) is 8.00. The molecule has 0 radical (unpaired) electrons. The zero-order chi connectivity index (χ0) is 26.7. The first kappa shape index (κ1) is 25.4. The summed E-state index contributed by atoms with van der Waals surface area (Å²) in [6.07, 6.45) is 0.160. The van der Waals surface area contributed by atoms with Gasteiger partial charge in [-0.25, -0.2) is 4.79 Å². The minimum absolute atomic E-state index is 0.105. The van der Waals surface area contributed by atoms with Gasteiger partial charge in [-0.15, -0.1) is 0 Å². The molecule has 0 spiro atoms. The Labute approximate surface area is 211 Å². The van der Waals surface area contributed by atoms with Gasteiger partial charge in [-0.1, -0.05) is 11.6 Å². The van der Waals surface area contributed by atoms with Crippen molar-refractivity contribution in [1.82, 2.24) is 14.8 Å². The molecule has 14 heteroatoms. The summed E-state index contributed by atoms with van der Waals surface area (Å²) in [6.45, 7) is 0. The molecule has 2 heterocycles.